The lowest BCUT2D eigenvalue weighted by atomic mass is 10.1. The summed E-state index contributed by atoms with van der Waals surface area (Å²) >= 11 is 0. The van der Waals surface area contributed by atoms with Crippen LogP contribution in [0.2, 0.25) is 0 Å². The molecule has 1 aliphatic rings. The standard InChI is InChI=1S/C15H23N3O/c1-11-4-3-5-12(2)15(11)17-10-14(19)18-13-6-8-16-9-7-13/h3-5,13,16-17H,6-10H2,1-2H3,(H,18,19). The molecule has 0 bridgehead atoms. The zero-order valence-corrected chi connectivity index (χ0v) is 11.8. The molecule has 0 radical (unpaired) electrons. The minimum Gasteiger partial charge on any atom is -0.376 e. The van der Waals surface area contributed by atoms with E-state index in [1.165, 1.54) is 11.1 Å². The molecule has 0 atom stereocenters. The molecular formula is C15H23N3O. The summed E-state index contributed by atoms with van der Waals surface area (Å²) in [6, 6.07) is 6.47. The summed E-state index contributed by atoms with van der Waals surface area (Å²) in [7, 11) is 0. The molecular weight excluding hydrogens is 238 g/mol. The highest BCUT2D eigenvalue weighted by Crippen LogP contribution is 2.18. The van der Waals surface area contributed by atoms with Crippen LogP contribution in [0.3, 0.4) is 0 Å². The number of aryl methyl sites for hydroxylation is 2. The van der Waals surface area contributed by atoms with E-state index in [1.54, 1.807) is 0 Å². The van der Waals surface area contributed by atoms with E-state index in [-0.39, 0.29) is 5.91 Å². The summed E-state index contributed by atoms with van der Waals surface area (Å²) in [5.41, 5.74) is 3.42. The number of benzene rings is 1. The molecule has 1 aliphatic heterocycles. The number of amides is 1. The highest BCUT2D eigenvalue weighted by molar-refractivity contribution is 5.81. The molecule has 0 saturated carbocycles. The third-order valence-electron chi connectivity index (χ3n) is 3.61. The predicted octanol–water partition coefficient (Wildman–Crippen LogP) is 1.58. The maximum atomic E-state index is 11.9. The van der Waals surface area contributed by atoms with Crippen LogP contribution >= 0.6 is 0 Å². The number of anilines is 1. The third kappa shape index (κ3) is 3.96. The van der Waals surface area contributed by atoms with Gasteiger partial charge in [0.05, 0.1) is 6.54 Å². The van der Waals surface area contributed by atoms with E-state index in [1.807, 2.05) is 6.07 Å². The van der Waals surface area contributed by atoms with Crippen LogP contribution in [0.25, 0.3) is 0 Å². The Bertz CT molecular complexity index is 419. The van der Waals surface area contributed by atoms with Gasteiger partial charge in [-0.3, -0.25) is 4.79 Å². The van der Waals surface area contributed by atoms with Crippen molar-refractivity contribution in [1.82, 2.24) is 10.6 Å². The molecule has 2 rings (SSSR count). The molecule has 0 aliphatic carbocycles. The van der Waals surface area contributed by atoms with Crippen molar-refractivity contribution in [3.63, 3.8) is 0 Å². The third-order valence-corrected chi connectivity index (χ3v) is 3.61. The van der Waals surface area contributed by atoms with Crippen molar-refractivity contribution in [2.45, 2.75) is 32.7 Å². The van der Waals surface area contributed by atoms with Gasteiger partial charge in [0.2, 0.25) is 5.91 Å². The largest absolute Gasteiger partial charge is 0.376 e. The Labute approximate surface area is 115 Å². The molecule has 104 valence electrons. The van der Waals surface area contributed by atoms with Crippen LogP contribution in [0.4, 0.5) is 5.69 Å². The fourth-order valence-corrected chi connectivity index (χ4v) is 2.51. The van der Waals surface area contributed by atoms with Gasteiger partial charge < -0.3 is 16.0 Å². The first-order valence-electron chi connectivity index (χ1n) is 6.97. The molecule has 4 nitrogen and oxygen atoms in total. The molecule has 0 aromatic heterocycles. The first-order valence-corrected chi connectivity index (χ1v) is 6.97. The average Bonchev–Trinajstić information content (AvgIpc) is 2.39. The van der Waals surface area contributed by atoms with Gasteiger partial charge in [0.1, 0.15) is 0 Å². The molecule has 1 heterocycles. The van der Waals surface area contributed by atoms with Gasteiger partial charge >= 0.3 is 0 Å². The maximum Gasteiger partial charge on any atom is 0.239 e. The molecule has 1 saturated heterocycles. The Morgan fingerprint density at radius 3 is 2.53 bits per heavy atom. The first kappa shape index (κ1) is 13.9. The lowest BCUT2D eigenvalue weighted by Crippen LogP contribution is -2.44. The Kier molecular flexibility index (Phi) is 4.80. The number of carbonyl (C=O) groups excluding carboxylic acids is 1. The van der Waals surface area contributed by atoms with Crippen molar-refractivity contribution >= 4 is 11.6 Å². The fraction of sp³-hybridized carbons (Fsp3) is 0.533. The van der Waals surface area contributed by atoms with Gasteiger partial charge in [0.25, 0.3) is 0 Å². The summed E-state index contributed by atoms with van der Waals surface area (Å²) in [4.78, 5) is 11.9. The Hall–Kier alpha value is -1.55. The van der Waals surface area contributed by atoms with E-state index in [0.717, 1.165) is 31.6 Å². The summed E-state index contributed by atoms with van der Waals surface area (Å²) in [5, 5.41) is 9.62. The zero-order valence-electron chi connectivity index (χ0n) is 11.8. The smallest absolute Gasteiger partial charge is 0.239 e. The van der Waals surface area contributed by atoms with Crippen LogP contribution in [0.1, 0.15) is 24.0 Å². The van der Waals surface area contributed by atoms with E-state index in [0.29, 0.717) is 12.6 Å². The lowest BCUT2D eigenvalue weighted by Gasteiger charge is -2.24. The first-order chi connectivity index (χ1) is 9.16. The molecule has 3 N–H and O–H groups in total. The van der Waals surface area contributed by atoms with Crippen LogP contribution in [0.15, 0.2) is 18.2 Å². The van der Waals surface area contributed by atoms with Gasteiger partial charge in [-0.15, -0.1) is 0 Å². The van der Waals surface area contributed by atoms with Gasteiger partial charge in [-0.05, 0) is 50.9 Å². The maximum absolute atomic E-state index is 11.9. The van der Waals surface area contributed by atoms with Gasteiger partial charge in [-0.2, -0.15) is 0 Å². The molecule has 1 amide bonds. The van der Waals surface area contributed by atoms with Crippen LogP contribution in [-0.4, -0.2) is 31.6 Å². The molecule has 1 aromatic carbocycles. The van der Waals surface area contributed by atoms with Gasteiger partial charge in [0.15, 0.2) is 0 Å². The Morgan fingerprint density at radius 1 is 1.26 bits per heavy atom. The average molecular weight is 261 g/mol. The minimum atomic E-state index is 0.0783. The van der Waals surface area contributed by atoms with Crippen molar-refractivity contribution in [3.8, 4) is 0 Å². The molecule has 4 heteroatoms. The summed E-state index contributed by atoms with van der Waals surface area (Å²) < 4.78 is 0. The van der Waals surface area contributed by atoms with Crippen LogP contribution in [0.5, 0.6) is 0 Å². The number of hydrogen-bond donors (Lipinski definition) is 3. The second-order valence-corrected chi connectivity index (χ2v) is 5.21. The van der Waals surface area contributed by atoms with Crippen molar-refractivity contribution in [1.29, 1.82) is 0 Å². The van der Waals surface area contributed by atoms with Crippen molar-refractivity contribution in [3.05, 3.63) is 29.3 Å². The van der Waals surface area contributed by atoms with Gasteiger partial charge in [0, 0.05) is 11.7 Å². The quantitative estimate of drug-likeness (QED) is 0.771. The van der Waals surface area contributed by atoms with E-state index in [2.05, 4.69) is 41.9 Å². The van der Waals surface area contributed by atoms with Gasteiger partial charge in [-0.1, -0.05) is 18.2 Å². The number of para-hydroxylation sites is 1. The zero-order chi connectivity index (χ0) is 13.7. The number of rotatable bonds is 4. The Morgan fingerprint density at radius 2 is 1.89 bits per heavy atom. The SMILES string of the molecule is Cc1cccc(C)c1NCC(=O)NC1CCNCC1. The van der Waals surface area contributed by atoms with Crippen molar-refractivity contribution < 1.29 is 4.79 Å². The van der Waals surface area contributed by atoms with E-state index >= 15 is 0 Å². The van der Waals surface area contributed by atoms with Crippen molar-refractivity contribution in [2.75, 3.05) is 25.0 Å². The number of nitrogens with one attached hydrogen (secondary N) is 3. The normalized spacial score (nSPS) is 16.1. The monoisotopic (exact) mass is 261 g/mol. The van der Waals surface area contributed by atoms with Crippen LogP contribution in [-0.2, 0) is 4.79 Å². The van der Waals surface area contributed by atoms with Crippen LogP contribution in [0, 0.1) is 13.8 Å². The summed E-state index contributed by atoms with van der Waals surface area (Å²) in [5.74, 6) is 0.0783. The fourth-order valence-electron chi connectivity index (χ4n) is 2.51. The number of hydrogen-bond acceptors (Lipinski definition) is 3. The predicted molar refractivity (Wildman–Crippen MR) is 78.4 cm³/mol. The second kappa shape index (κ2) is 6.57. The van der Waals surface area contributed by atoms with E-state index in [4.69, 9.17) is 0 Å². The molecule has 1 aromatic rings. The molecule has 19 heavy (non-hydrogen) atoms. The van der Waals surface area contributed by atoms with Crippen molar-refractivity contribution in [2.24, 2.45) is 0 Å². The highest BCUT2D eigenvalue weighted by Gasteiger charge is 2.15. The lowest BCUT2D eigenvalue weighted by molar-refractivity contribution is -0.120. The van der Waals surface area contributed by atoms with Crippen LogP contribution < -0.4 is 16.0 Å². The molecule has 0 spiro atoms. The second-order valence-electron chi connectivity index (χ2n) is 5.21. The highest BCUT2D eigenvalue weighted by atomic mass is 16.1. The van der Waals surface area contributed by atoms with E-state index in [9.17, 15) is 4.79 Å². The topological polar surface area (TPSA) is 53.2 Å². The Balaban J connectivity index is 1.83. The number of piperidine rings is 1. The van der Waals surface area contributed by atoms with E-state index < -0.39 is 0 Å². The molecule has 1 fully saturated rings. The number of carbonyl (C=O) groups is 1. The van der Waals surface area contributed by atoms with Gasteiger partial charge in [-0.25, -0.2) is 0 Å². The summed E-state index contributed by atoms with van der Waals surface area (Å²) in [6.07, 6.45) is 2.05. The molecule has 0 unspecified atom stereocenters. The summed E-state index contributed by atoms with van der Waals surface area (Å²) in [6.45, 7) is 6.44. The minimum absolute atomic E-state index is 0.0783.